The minimum absolute atomic E-state index is 0.136. The summed E-state index contributed by atoms with van der Waals surface area (Å²) in [6.45, 7) is 3.42. The molecule has 6 nitrogen and oxygen atoms in total. The Morgan fingerprint density at radius 2 is 1.94 bits per heavy atom. The predicted molar refractivity (Wildman–Crippen MR) is 121 cm³/mol. The van der Waals surface area contributed by atoms with Gasteiger partial charge in [-0.25, -0.2) is 0 Å². The molecule has 0 aliphatic carbocycles. The molecule has 1 amide bonds. The lowest BCUT2D eigenvalue weighted by molar-refractivity contribution is 0.0722. The van der Waals surface area contributed by atoms with Gasteiger partial charge in [-0.05, 0) is 68.9 Å². The summed E-state index contributed by atoms with van der Waals surface area (Å²) in [6, 6.07) is 12.7. The Labute approximate surface area is 182 Å². The van der Waals surface area contributed by atoms with Crippen molar-refractivity contribution in [1.29, 1.82) is 0 Å². The van der Waals surface area contributed by atoms with Gasteiger partial charge < -0.3 is 19.0 Å². The first kappa shape index (κ1) is 21.1. The highest BCUT2D eigenvalue weighted by Crippen LogP contribution is 2.39. The zero-order valence-corrected chi connectivity index (χ0v) is 18.5. The molecule has 1 aromatic heterocycles. The van der Waals surface area contributed by atoms with Crippen LogP contribution in [0.25, 0.3) is 11.0 Å². The molecule has 6 heteroatoms. The number of amides is 1. The van der Waals surface area contributed by atoms with Crippen LogP contribution in [-0.4, -0.2) is 50.0 Å². The molecule has 4 rings (SSSR count). The van der Waals surface area contributed by atoms with E-state index in [0.717, 1.165) is 30.5 Å². The van der Waals surface area contributed by atoms with E-state index < -0.39 is 6.04 Å². The van der Waals surface area contributed by atoms with Gasteiger partial charge in [0, 0.05) is 6.54 Å². The third-order valence-electron chi connectivity index (χ3n) is 5.85. The third kappa shape index (κ3) is 3.83. The van der Waals surface area contributed by atoms with E-state index in [2.05, 4.69) is 4.90 Å². The summed E-state index contributed by atoms with van der Waals surface area (Å²) in [5, 5.41) is 0.522. The smallest absolute Gasteiger partial charge is 0.290 e. The van der Waals surface area contributed by atoms with E-state index in [4.69, 9.17) is 9.15 Å². The zero-order valence-electron chi connectivity index (χ0n) is 18.5. The average molecular weight is 421 g/mol. The van der Waals surface area contributed by atoms with Crippen molar-refractivity contribution in [3.8, 4) is 5.75 Å². The van der Waals surface area contributed by atoms with Crippen molar-refractivity contribution in [2.24, 2.45) is 0 Å². The lowest BCUT2D eigenvalue weighted by Crippen LogP contribution is -2.32. The summed E-state index contributed by atoms with van der Waals surface area (Å²) < 4.78 is 11.4. The lowest BCUT2D eigenvalue weighted by atomic mass is 9.97. The molecular formula is C25H28N2O4. The van der Waals surface area contributed by atoms with Crippen LogP contribution < -0.4 is 10.2 Å². The Bertz CT molecular complexity index is 1180. The summed E-state index contributed by atoms with van der Waals surface area (Å²) in [7, 11) is 5.61. The number of rotatable bonds is 7. The van der Waals surface area contributed by atoms with Crippen LogP contribution in [0, 0.1) is 0 Å². The van der Waals surface area contributed by atoms with Crippen molar-refractivity contribution in [3.05, 3.63) is 75.1 Å². The third-order valence-corrected chi connectivity index (χ3v) is 5.85. The first-order valence-electron chi connectivity index (χ1n) is 10.6. The van der Waals surface area contributed by atoms with Crippen LogP contribution in [0.4, 0.5) is 0 Å². The first-order chi connectivity index (χ1) is 14.9. The molecule has 1 aliphatic heterocycles. The molecule has 0 saturated heterocycles. The lowest BCUT2D eigenvalue weighted by Gasteiger charge is -2.26. The summed E-state index contributed by atoms with van der Waals surface area (Å²) in [5.74, 6) is 0.602. The molecule has 1 atom stereocenters. The highest BCUT2D eigenvalue weighted by molar-refractivity contribution is 5.99. The summed E-state index contributed by atoms with van der Waals surface area (Å²) in [4.78, 5) is 30.8. The van der Waals surface area contributed by atoms with E-state index in [1.165, 1.54) is 0 Å². The van der Waals surface area contributed by atoms with Crippen molar-refractivity contribution >= 4 is 16.9 Å². The monoisotopic (exact) mass is 420 g/mol. The molecule has 0 radical (unpaired) electrons. The highest BCUT2D eigenvalue weighted by Gasteiger charge is 2.42. The maximum Gasteiger partial charge on any atom is 0.290 e. The molecule has 2 heterocycles. The number of nitrogens with zero attached hydrogens (tertiary/aromatic N) is 2. The molecule has 2 aromatic carbocycles. The largest absolute Gasteiger partial charge is 0.497 e. The van der Waals surface area contributed by atoms with Gasteiger partial charge in [0.15, 0.2) is 5.43 Å². The van der Waals surface area contributed by atoms with Crippen LogP contribution in [0.15, 0.2) is 51.7 Å². The number of benzene rings is 2. The summed E-state index contributed by atoms with van der Waals surface area (Å²) in [6.07, 6.45) is 1.61. The van der Waals surface area contributed by atoms with E-state index in [9.17, 15) is 9.59 Å². The molecule has 0 N–H and O–H groups in total. The van der Waals surface area contributed by atoms with Crippen LogP contribution >= 0.6 is 0 Å². The molecular weight excluding hydrogens is 392 g/mol. The fourth-order valence-corrected chi connectivity index (χ4v) is 4.23. The van der Waals surface area contributed by atoms with Crippen molar-refractivity contribution in [1.82, 2.24) is 9.80 Å². The number of carbonyl (C=O) groups excluding carboxylic acids is 1. The second-order valence-electron chi connectivity index (χ2n) is 8.19. The minimum atomic E-state index is -0.495. The highest BCUT2D eigenvalue weighted by atomic mass is 16.5. The molecule has 162 valence electrons. The maximum atomic E-state index is 13.6. The molecule has 31 heavy (non-hydrogen) atoms. The number of ether oxygens (including phenoxy) is 1. The van der Waals surface area contributed by atoms with Gasteiger partial charge in [-0.1, -0.05) is 25.1 Å². The zero-order chi connectivity index (χ0) is 22.1. The molecule has 0 saturated carbocycles. The van der Waals surface area contributed by atoms with Crippen LogP contribution in [0.1, 0.15) is 46.6 Å². The van der Waals surface area contributed by atoms with Crippen LogP contribution in [-0.2, 0) is 6.42 Å². The van der Waals surface area contributed by atoms with Gasteiger partial charge in [-0.15, -0.1) is 0 Å². The maximum absolute atomic E-state index is 13.6. The molecule has 0 bridgehead atoms. The Balaban J connectivity index is 1.89. The van der Waals surface area contributed by atoms with Crippen LogP contribution in [0.5, 0.6) is 5.75 Å². The van der Waals surface area contributed by atoms with Crippen molar-refractivity contribution in [2.75, 3.05) is 34.3 Å². The number of hydrogen-bond donors (Lipinski definition) is 0. The van der Waals surface area contributed by atoms with E-state index in [1.807, 2.05) is 57.4 Å². The van der Waals surface area contributed by atoms with Gasteiger partial charge in [0.25, 0.3) is 5.91 Å². The van der Waals surface area contributed by atoms with Crippen LogP contribution in [0.3, 0.4) is 0 Å². The summed E-state index contributed by atoms with van der Waals surface area (Å²) in [5.41, 5.74) is 2.64. The Kier molecular flexibility index (Phi) is 5.83. The standard InChI is InChI=1S/C25H28N2O4/c1-5-16-10-11-20-19(14-16)23(28)21-22(17-8-6-9-18(15-17)30-4)27(13-7-12-26(2)3)25(29)24(21)31-20/h6,8-11,14-15,22H,5,7,12-13H2,1-4H3. The minimum Gasteiger partial charge on any atom is -0.497 e. The first-order valence-corrected chi connectivity index (χ1v) is 10.6. The average Bonchev–Trinajstić information content (AvgIpc) is 3.05. The number of methoxy groups -OCH3 is 1. The Morgan fingerprint density at radius 1 is 1.13 bits per heavy atom. The molecule has 1 aliphatic rings. The van der Waals surface area contributed by atoms with Gasteiger partial charge in [-0.2, -0.15) is 0 Å². The topological polar surface area (TPSA) is 63.0 Å². The molecule has 1 unspecified atom stereocenters. The number of carbonyl (C=O) groups is 1. The number of aryl methyl sites for hydroxylation is 1. The molecule has 3 aromatic rings. The van der Waals surface area contributed by atoms with E-state index in [0.29, 0.717) is 28.8 Å². The second kappa shape index (κ2) is 8.55. The Morgan fingerprint density at radius 3 is 2.65 bits per heavy atom. The molecule has 0 spiro atoms. The normalized spacial score (nSPS) is 15.7. The van der Waals surface area contributed by atoms with E-state index >= 15 is 0 Å². The van der Waals surface area contributed by atoms with Crippen molar-refractivity contribution in [3.63, 3.8) is 0 Å². The number of fused-ring (bicyclic) bond motifs is 2. The Hall–Kier alpha value is -3.12. The van der Waals surface area contributed by atoms with Crippen LogP contribution in [0.2, 0.25) is 0 Å². The second-order valence-corrected chi connectivity index (χ2v) is 8.19. The van der Waals surface area contributed by atoms with Gasteiger partial charge >= 0.3 is 0 Å². The van der Waals surface area contributed by atoms with Gasteiger partial charge in [0.2, 0.25) is 5.76 Å². The SMILES string of the molecule is CCc1ccc2oc3c(c(=O)c2c1)C(c1cccc(OC)c1)N(CCCN(C)C)C3=O. The fourth-order valence-electron chi connectivity index (χ4n) is 4.23. The van der Waals surface area contributed by atoms with Gasteiger partial charge in [0.1, 0.15) is 11.3 Å². The quantitative estimate of drug-likeness (QED) is 0.581. The van der Waals surface area contributed by atoms with Crippen molar-refractivity contribution in [2.45, 2.75) is 25.8 Å². The van der Waals surface area contributed by atoms with E-state index in [-0.39, 0.29) is 17.1 Å². The van der Waals surface area contributed by atoms with Gasteiger partial charge in [0.05, 0.1) is 24.1 Å². The van der Waals surface area contributed by atoms with Crippen molar-refractivity contribution < 1.29 is 13.9 Å². The van der Waals surface area contributed by atoms with E-state index in [1.54, 1.807) is 18.1 Å². The fraction of sp³-hybridized carbons (Fsp3) is 0.360. The number of hydrogen-bond acceptors (Lipinski definition) is 5. The summed E-state index contributed by atoms with van der Waals surface area (Å²) >= 11 is 0. The van der Waals surface area contributed by atoms with Gasteiger partial charge in [-0.3, -0.25) is 9.59 Å². The predicted octanol–water partition coefficient (Wildman–Crippen LogP) is 3.86. The molecule has 0 fully saturated rings.